The number of rotatable bonds is 14. The molecule has 0 spiro atoms. The van der Waals surface area contributed by atoms with Gasteiger partial charge in [-0.05, 0) is 104 Å². The highest BCUT2D eigenvalue weighted by Gasteiger charge is 2.34. The van der Waals surface area contributed by atoms with Crippen LogP contribution in [0.1, 0.15) is 105 Å². The molecule has 0 aliphatic carbocycles. The van der Waals surface area contributed by atoms with E-state index in [2.05, 4.69) is 15.6 Å². The van der Waals surface area contributed by atoms with Gasteiger partial charge in [0.2, 0.25) is 0 Å². The number of amides is 3. The second-order valence-corrected chi connectivity index (χ2v) is 13.7. The highest BCUT2D eigenvalue weighted by Crippen LogP contribution is 2.18. The lowest BCUT2D eigenvalue weighted by Gasteiger charge is -2.31. The molecule has 2 atom stereocenters. The van der Waals surface area contributed by atoms with Crippen LogP contribution >= 0.6 is 0 Å². The molecule has 0 bridgehead atoms. The molecule has 0 saturated carbocycles. The van der Waals surface area contributed by atoms with E-state index in [1.807, 2.05) is 0 Å². The van der Waals surface area contributed by atoms with Gasteiger partial charge in [-0.25, -0.2) is 14.4 Å². The van der Waals surface area contributed by atoms with Crippen molar-refractivity contribution in [2.45, 2.75) is 123 Å². The van der Waals surface area contributed by atoms with Crippen molar-refractivity contribution < 1.29 is 43.1 Å². The van der Waals surface area contributed by atoms with Crippen LogP contribution < -0.4 is 10.6 Å². The van der Waals surface area contributed by atoms with Crippen molar-refractivity contribution in [3.63, 3.8) is 0 Å². The number of nitrogens with zero attached hydrogens (tertiary/aromatic N) is 3. The Bertz CT molecular complexity index is 1230. The molecule has 0 fully saturated rings. The molecule has 0 aliphatic heterocycles. The third-order valence-corrected chi connectivity index (χ3v) is 5.90. The average Bonchev–Trinajstić information content (AvgIpc) is 2.89. The number of carbonyl (C=O) groups excluding carboxylic acids is 5. The summed E-state index contributed by atoms with van der Waals surface area (Å²) in [6, 6.07) is -0.574. The third kappa shape index (κ3) is 15.6. The minimum absolute atomic E-state index is 0.0928. The summed E-state index contributed by atoms with van der Waals surface area (Å²) in [5.74, 6) is -2.80. The molecule has 0 aliphatic rings. The highest BCUT2D eigenvalue weighted by atomic mass is 16.6. The Morgan fingerprint density at radius 2 is 1.43 bits per heavy atom. The fourth-order valence-electron chi connectivity index (χ4n) is 3.90. The van der Waals surface area contributed by atoms with Crippen LogP contribution in [0.15, 0.2) is 18.3 Å². The summed E-state index contributed by atoms with van der Waals surface area (Å²) in [5, 5.41) is 16.0. The zero-order valence-corrected chi connectivity index (χ0v) is 28.6. The van der Waals surface area contributed by atoms with Crippen molar-refractivity contribution in [2.75, 3.05) is 13.6 Å². The van der Waals surface area contributed by atoms with Gasteiger partial charge in [0.1, 0.15) is 28.9 Å². The zero-order valence-electron chi connectivity index (χ0n) is 28.6. The van der Waals surface area contributed by atoms with Gasteiger partial charge in [0, 0.05) is 26.1 Å². The highest BCUT2D eigenvalue weighted by molar-refractivity contribution is 5.94. The summed E-state index contributed by atoms with van der Waals surface area (Å²) in [4.78, 5) is 79.1. The first-order chi connectivity index (χ1) is 21.0. The molecule has 15 nitrogen and oxygen atoms in total. The normalized spacial score (nSPS) is 13.1. The fraction of sp³-hybridized carbons (Fsp3) is 0.677. The van der Waals surface area contributed by atoms with Gasteiger partial charge in [0.05, 0.1) is 5.56 Å². The number of esters is 3. The van der Waals surface area contributed by atoms with E-state index >= 15 is 0 Å². The van der Waals surface area contributed by atoms with Crippen molar-refractivity contribution >= 4 is 35.7 Å². The number of pyridine rings is 1. The Balaban J connectivity index is 2.95. The Kier molecular flexibility index (Phi) is 14.6. The smallest absolute Gasteiger partial charge is 0.363 e. The van der Waals surface area contributed by atoms with E-state index in [9.17, 15) is 34.1 Å². The lowest BCUT2D eigenvalue weighted by atomic mass is 10.1. The number of nitro groups is 1. The summed E-state index contributed by atoms with van der Waals surface area (Å²) < 4.78 is 16.3. The Morgan fingerprint density at radius 3 is 1.93 bits per heavy atom. The van der Waals surface area contributed by atoms with E-state index in [1.54, 1.807) is 62.3 Å². The molecular formula is C31H49N5O10. The van der Waals surface area contributed by atoms with Gasteiger partial charge in [-0.1, -0.05) is 0 Å². The first-order valence-electron chi connectivity index (χ1n) is 15.1. The Hall–Kier alpha value is -4.30. The summed E-state index contributed by atoms with van der Waals surface area (Å²) in [5.41, 5.74) is -2.28. The molecular weight excluding hydrogens is 602 g/mol. The van der Waals surface area contributed by atoms with E-state index in [-0.39, 0.29) is 37.2 Å². The summed E-state index contributed by atoms with van der Waals surface area (Å²) in [6.07, 6.45) is 1.85. The molecule has 258 valence electrons. The minimum Gasteiger partial charge on any atom is -0.460 e. The molecule has 15 heteroatoms. The SMILES string of the molecule is CN(C(=O)NC(CCC(=O)OC(C)(C)C)C(=O)OC(C)(C)C)C(CCCCNC(=O)c1ccc([N+](=O)[O-])nc1)C(=O)OC(C)(C)C. The maximum atomic E-state index is 13.4. The number of carbonyl (C=O) groups is 5. The number of nitrogens with one attached hydrogen (secondary N) is 2. The molecule has 1 heterocycles. The van der Waals surface area contributed by atoms with Crippen LogP contribution in [0.2, 0.25) is 0 Å². The van der Waals surface area contributed by atoms with Gasteiger partial charge in [0.15, 0.2) is 6.20 Å². The second kappa shape index (κ2) is 16.9. The topological polar surface area (TPSA) is 196 Å². The van der Waals surface area contributed by atoms with Gasteiger partial charge < -0.3 is 39.9 Å². The number of ether oxygens (including phenoxy) is 3. The Morgan fingerprint density at radius 1 is 0.870 bits per heavy atom. The summed E-state index contributed by atoms with van der Waals surface area (Å²) in [7, 11) is 1.40. The standard InChI is InChI=1S/C31H49N5O10/c1-29(2,3)44-24(37)17-15-21(26(39)45-30(4,5)6)34-28(41)35(10)22(27(40)46-31(7,8)9)13-11-12-18-32-25(38)20-14-16-23(33-19-20)36(42)43/h14,16,19,21-22H,11-13,15,17-18H2,1-10H3,(H,32,38)(H,34,41). The van der Waals surface area contributed by atoms with Crippen molar-refractivity contribution in [3.05, 3.63) is 34.0 Å². The van der Waals surface area contributed by atoms with Crippen molar-refractivity contribution in [2.24, 2.45) is 0 Å². The lowest BCUT2D eigenvalue weighted by Crippen LogP contribution is -2.53. The minimum atomic E-state index is -1.20. The predicted octanol–water partition coefficient (Wildman–Crippen LogP) is 4.07. The van der Waals surface area contributed by atoms with E-state index in [1.165, 1.54) is 13.1 Å². The molecule has 3 amide bonds. The van der Waals surface area contributed by atoms with Crippen LogP contribution in [-0.4, -0.2) is 87.1 Å². The molecule has 2 N–H and O–H groups in total. The second-order valence-electron chi connectivity index (χ2n) is 13.7. The van der Waals surface area contributed by atoms with Crippen LogP contribution in [0.5, 0.6) is 0 Å². The van der Waals surface area contributed by atoms with Crippen LogP contribution in [0.4, 0.5) is 10.6 Å². The first-order valence-corrected chi connectivity index (χ1v) is 15.1. The first kappa shape index (κ1) is 39.7. The number of hydrogen-bond acceptors (Lipinski definition) is 11. The predicted molar refractivity (Wildman–Crippen MR) is 168 cm³/mol. The zero-order chi connectivity index (χ0) is 35.5. The van der Waals surface area contributed by atoms with E-state index in [4.69, 9.17) is 14.2 Å². The van der Waals surface area contributed by atoms with E-state index in [0.29, 0.717) is 12.8 Å². The summed E-state index contributed by atoms with van der Waals surface area (Å²) >= 11 is 0. The van der Waals surface area contributed by atoms with Gasteiger partial charge in [-0.2, -0.15) is 0 Å². The lowest BCUT2D eigenvalue weighted by molar-refractivity contribution is -0.389. The molecule has 1 aromatic heterocycles. The van der Waals surface area contributed by atoms with Gasteiger partial charge in [-0.15, -0.1) is 0 Å². The molecule has 2 unspecified atom stereocenters. The van der Waals surface area contributed by atoms with Crippen LogP contribution in [0.25, 0.3) is 0 Å². The van der Waals surface area contributed by atoms with Crippen molar-refractivity contribution in [1.29, 1.82) is 0 Å². The molecule has 0 saturated heterocycles. The van der Waals surface area contributed by atoms with E-state index in [0.717, 1.165) is 17.2 Å². The quantitative estimate of drug-likeness (QED) is 0.0967. The van der Waals surface area contributed by atoms with Crippen molar-refractivity contribution in [1.82, 2.24) is 20.5 Å². The third-order valence-electron chi connectivity index (χ3n) is 5.90. The molecule has 1 aromatic rings. The van der Waals surface area contributed by atoms with E-state index < -0.39 is 63.7 Å². The molecule has 46 heavy (non-hydrogen) atoms. The number of urea groups is 1. The average molecular weight is 652 g/mol. The van der Waals surface area contributed by atoms with Gasteiger partial charge >= 0.3 is 29.8 Å². The number of likely N-dealkylation sites (N-methyl/N-ethyl adjacent to an activating group) is 1. The number of hydrogen-bond donors (Lipinski definition) is 2. The largest absolute Gasteiger partial charge is 0.460 e. The maximum Gasteiger partial charge on any atom is 0.363 e. The monoisotopic (exact) mass is 651 g/mol. The van der Waals surface area contributed by atoms with Crippen LogP contribution in [0.3, 0.4) is 0 Å². The van der Waals surface area contributed by atoms with Crippen molar-refractivity contribution in [3.8, 4) is 0 Å². The number of unbranched alkanes of at least 4 members (excludes halogenated alkanes) is 1. The maximum absolute atomic E-state index is 13.4. The number of aromatic nitrogens is 1. The van der Waals surface area contributed by atoms with Crippen LogP contribution in [0, 0.1) is 10.1 Å². The van der Waals surface area contributed by atoms with Gasteiger partial charge in [-0.3, -0.25) is 9.59 Å². The van der Waals surface area contributed by atoms with Crippen LogP contribution in [-0.2, 0) is 28.6 Å². The van der Waals surface area contributed by atoms with Gasteiger partial charge in [0.25, 0.3) is 5.91 Å². The molecule has 0 aromatic carbocycles. The fourth-order valence-corrected chi connectivity index (χ4v) is 3.90. The Labute approximate surface area is 270 Å². The molecule has 1 rings (SSSR count). The summed E-state index contributed by atoms with van der Waals surface area (Å²) in [6.45, 7) is 15.5. The molecule has 0 radical (unpaired) electrons.